The molecule has 0 spiro atoms. The van der Waals surface area contributed by atoms with Gasteiger partial charge in [0, 0.05) is 34.5 Å². The zero-order valence-corrected chi connectivity index (χ0v) is 16.4. The van der Waals surface area contributed by atoms with Crippen LogP contribution in [0.15, 0.2) is 63.8 Å². The summed E-state index contributed by atoms with van der Waals surface area (Å²) in [5, 5.41) is 12.2. The van der Waals surface area contributed by atoms with Gasteiger partial charge < -0.3 is 14.8 Å². The number of rotatable bonds is 4. The van der Waals surface area contributed by atoms with E-state index in [1.807, 2.05) is 18.2 Å². The molecule has 2 aromatic carbocycles. The van der Waals surface area contributed by atoms with Crippen molar-refractivity contribution in [3.63, 3.8) is 0 Å². The van der Waals surface area contributed by atoms with Crippen LogP contribution in [-0.2, 0) is 16.0 Å². The Morgan fingerprint density at radius 3 is 2.57 bits per heavy atom. The maximum absolute atomic E-state index is 12.9. The van der Waals surface area contributed by atoms with Crippen molar-refractivity contribution < 1.29 is 19.1 Å². The lowest BCUT2D eigenvalue weighted by Crippen LogP contribution is -2.11. The van der Waals surface area contributed by atoms with Crippen LogP contribution in [0.4, 0.5) is 5.69 Å². The summed E-state index contributed by atoms with van der Waals surface area (Å²) in [5.41, 5.74) is 3.18. The van der Waals surface area contributed by atoms with Crippen LogP contribution in [0.1, 0.15) is 23.3 Å². The number of amides is 1. The number of aliphatic carboxylic acids is 1. The molecule has 1 aliphatic carbocycles. The molecule has 1 heterocycles. The van der Waals surface area contributed by atoms with Gasteiger partial charge in [0.15, 0.2) is 5.43 Å². The number of allylic oxidation sites excluding steroid dienone is 1. The van der Waals surface area contributed by atoms with E-state index in [1.165, 1.54) is 0 Å². The lowest BCUT2D eigenvalue weighted by molar-refractivity contribution is -0.131. The molecule has 4 rings (SSSR count). The number of hydrogen-bond donors (Lipinski definition) is 2. The lowest BCUT2D eigenvalue weighted by atomic mass is 10.1. The average molecular weight is 422 g/mol. The van der Waals surface area contributed by atoms with Crippen LogP contribution in [0.5, 0.6) is 0 Å². The minimum atomic E-state index is -1.22. The maximum Gasteiger partial charge on any atom is 0.328 e. The molecule has 150 valence electrons. The number of nitrogens with one attached hydrogen (secondary N) is 1. The molecule has 0 saturated carbocycles. The first-order chi connectivity index (χ1) is 14.4. The minimum Gasteiger partial charge on any atom is -0.478 e. The van der Waals surface area contributed by atoms with E-state index in [4.69, 9.17) is 21.1 Å². The molecule has 7 heteroatoms. The summed E-state index contributed by atoms with van der Waals surface area (Å²) in [5.74, 6) is -1.26. The molecular weight excluding hydrogens is 406 g/mol. The van der Waals surface area contributed by atoms with Crippen LogP contribution in [0.3, 0.4) is 0 Å². The van der Waals surface area contributed by atoms with Crippen LogP contribution in [0.25, 0.3) is 22.6 Å². The van der Waals surface area contributed by atoms with E-state index in [9.17, 15) is 14.4 Å². The molecule has 6 nitrogen and oxygen atoms in total. The Bertz CT molecular complexity index is 1290. The molecule has 1 amide bonds. The molecule has 0 aliphatic heterocycles. The second-order valence-corrected chi connectivity index (χ2v) is 7.27. The summed E-state index contributed by atoms with van der Waals surface area (Å²) >= 11 is 5.94. The van der Waals surface area contributed by atoms with Crippen molar-refractivity contribution >= 4 is 51.8 Å². The van der Waals surface area contributed by atoms with Crippen LogP contribution in [0, 0.1) is 0 Å². The molecule has 0 fully saturated rings. The highest BCUT2D eigenvalue weighted by molar-refractivity contribution is 6.30. The Kier molecular flexibility index (Phi) is 5.25. The Balaban J connectivity index is 1.71. The van der Waals surface area contributed by atoms with Crippen LogP contribution < -0.4 is 10.7 Å². The molecule has 2 N–H and O–H groups in total. The van der Waals surface area contributed by atoms with Gasteiger partial charge in [0.2, 0.25) is 5.91 Å². The largest absolute Gasteiger partial charge is 0.478 e. The van der Waals surface area contributed by atoms with Gasteiger partial charge >= 0.3 is 5.97 Å². The predicted molar refractivity (Wildman–Crippen MR) is 116 cm³/mol. The number of carbonyl (C=O) groups is 2. The molecule has 1 aromatic heterocycles. The molecule has 3 aromatic rings. The number of benzene rings is 2. The van der Waals surface area contributed by atoms with Gasteiger partial charge in [-0.2, -0.15) is 0 Å². The van der Waals surface area contributed by atoms with Crippen molar-refractivity contribution in [2.24, 2.45) is 0 Å². The summed E-state index contributed by atoms with van der Waals surface area (Å²) in [6.07, 6.45) is 4.93. The van der Waals surface area contributed by atoms with E-state index >= 15 is 0 Å². The summed E-state index contributed by atoms with van der Waals surface area (Å²) in [7, 11) is 0. The third kappa shape index (κ3) is 4.04. The van der Waals surface area contributed by atoms with Crippen LogP contribution in [0.2, 0.25) is 5.02 Å². The molecular formula is C23H16ClNO5. The standard InChI is InChI=1S/C23H16ClNO5/c24-15-4-1-13(2-5-15)11-14-3-7-18-22(29)17-8-6-16(12-19(17)30-23(14)18)25-20(26)9-10-21(27)28/h1-2,4-6,8-12H,3,7H2,(H,25,26)(H,27,28)/b10-9+,14-11+. The van der Waals surface area contributed by atoms with Gasteiger partial charge in [-0.15, -0.1) is 0 Å². The highest BCUT2D eigenvalue weighted by Crippen LogP contribution is 2.34. The molecule has 0 atom stereocenters. The third-order valence-electron chi connectivity index (χ3n) is 4.78. The number of halogens is 1. The fourth-order valence-corrected chi connectivity index (χ4v) is 3.52. The van der Waals surface area contributed by atoms with E-state index in [-0.39, 0.29) is 5.43 Å². The van der Waals surface area contributed by atoms with Gasteiger partial charge in [0.05, 0.1) is 5.39 Å². The highest BCUT2D eigenvalue weighted by Gasteiger charge is 2.24. The van der Waals surface area contributed by atoms with E-state index in [0.29, 0.717) is 45.8 Å². The Hall–Kier alpha value is -3.64. The van der Waals surface area contributed by atoms with Crippen molar-refractivity contribution in [1.29, 1.82) is 0 Å². The van der Waals surface area contributed by atoms with Crippen LogP contribution in [-0.4, -0.2) is 17.0 Å². The average Bonchev–Trinajstić information content (AvgIpc) is 3.11. The maximum atomic E-state index is 12.9. The molecule has 0 unspecified atom stereocenters. The van der Waals surface area contributed by atoms with Gasteiger partial charge in [0.1, 0.15) is 11.3 Å². The Labute approximate surface area is 176 Å². The molecule has 1 aliphatic rings. The van der Waals surface area contributed by atoms with Crippen molar-refractivity contribution in [1.82, 2.24) is 0 Å². The molecule has 0 bridgehead atoms. The first kappa shape index (κ1) is 19.7. The summed E-state index contributed by atoms with van der Waals surface area (Å²) in [6, 6.07) is 12.1. The first-order valence-electron chi connectivity index (χ1n) is 9.19. The molecule has 0 saturated heterocycles. The summed E-state index contributed by atoms with van der Waals surface area (Å²) in [4.78, 5) is 35.2. The van der Waals surface area contributed by atoms with Gasteiger partial charge in [0.25, 0.3) is 0 Å². The van der Waals surface area contributed by atoms with E-state index in [2.05, 4.69) is 5.32 Å². The number of carboxylic acids is 1. The monoisotopic (exact) mass is 421 g/mol. The number of carboxylic acid groups (broad SMARTS) is 1. The van der Waals surface area contributed by atoms with Gasteiger partial charge in [-0.25, -0.2) is 4.79 Å². The zero-order chi connectivity index (χ0) is 21.3. The van der Waals surface area contributed by atoms with Crippen molar-refractivity contribution in [3.05, 3.63) is 86.7 Å². The SMILES string of the molecule is O=C(O)/C=C/C(=O)Nc1ccc2c(=O)c3c(oc2c1)/C(=C/c1ccc(Cl)cc1)CC3. The fourth-order valence-electron chi connectivity index (χ4n) is 3.40. The topological polar surface area (TPSA) is 96.6 Å². The number of hydrogen-bond acceptors (Lipinski definition) is 4. The zero-order valence-electron chi connectivity index (χ0n) is 15.6. The number of carbonyl (C=O) groups excluding carboxylic acids is 1. The fraction of sp³-hybridized carbons (Fsp3) is 0.0870. The predicted octanol–water partition coefficient (Wildman–Crippen LogP) is 4.51. The summed E-state index contributed by atoms with van der Waals surface area (Å²) < 4.78 is 6.06. The van der Waals surface area contributed by atoms with E-state index in [0.717, 1.165) is 23.3 Å². The van der Waals surface area contributed by atoms with Crippen molar-refractivity contribution in [2.45, 2.75) is 12.8 Å². The van der Waals surface area contributed by atoms with Gasteiger partial charge in [-0.1, -0.05) is 23.7 Å². The minimum absolute atomic E-state index is 0.0885. The Morgan fingerprint density at radius 2 is 1.83 bits per heavy atom. The number of anilines is 1. The van der Waals surface area contributed by atoms with E-state index in [1.54, 1.807) is 30.3 Å². The highest BCUT2D eigenvalue weighted by atomic mass is 35.5. The quantitative estimate of drug-likeness (QED) is 0.604. The smallest absolute Gasteiger partial charge is 0.328 e. The first-order valence-corrected chi connectivity index (χ1v) is 9.57. The van der Waals surface area contributed by atoms with Gasteiger partial charge in [-0.3, -0.25) is 9.59 Å². The van der Waals surface area contributed by atoms with Crippen LogP contribution >= 0.6 is 11.6 Å². The molecule has 0 radical (unpaired) electrons. The van der Waals surface area contributed by atoms with E-state index < -0.39 is 11.9 Å². The van der Waals surface area contributed by atoms with Crippen molar-refractivity contribution in [3.8, 4) is 0 Å². The third-order valence-corrected chi connectivity index (χ3v) is 5.03. The van der Waals surface area contributed by atoms with Gasteiger partial charge in [-0.05, 0) is 54.3 Å². The van der Waals surface area contributed by atoms with Crippen molar-refractivity contribution in [2.75, 3.05) is 5.32 Å². The Morgan fingerprint density at radius 1 is 1.07 bits per heavy atom. The second-order valence-electron chi connectivity index (χ2n) is 6.83. The second kappa shape index (κ2) is 8.00. The number of fused-ring (bicyclic) bond motifs is 2. The normalized spacial score (nSPS) is 14.4. The molecule has 30 heavy (non-hydrogen) atoms. The summed E-state index contributed by atoms with van der Waals surface area (Å²) in [6.45, 7) is 0. The lowest BCUT2D eigenvalue weighted by Gasteiger charge is -2.07.